The second-order valence-corrected chi connectivity index (χ2v) is 10.5. The Morgan fingerprint density at radius 1 is 1.00 bits per heavy atom. The fourth-order valence-corrected chi connectivity index (χ4v) is 5.84. The number of nitrogens with one attached hydrogen (secondary N) is 1. The summed E-state index contributed by atoms with van der Waals surface area (Å²) in [6.07, 6.45) is 0.652. The second kappa shape index (κ2) is 12.9. The maximum absolute atomic E-state index is 13.7. The Labute approximate surface area is 229 Å². The molecular formula is C31H36N2O4S. The van der Waals surface area contributed by atoms with Gasteiger partial charge in [0, 0.05) is 11.4 Å². The van der Waals surface area contributed by atoms with E-state index in [9.17, 15) is 9.59 Å². The van der Waals surface area contributed by atoms with Crippen molar-refractivity contribution >= 4 is 29.3 Å². The van der Waals surface area contributed by atoms with Crippen molar-refractivity contribution < 1.29 is 19.1 Å². The lowest BCUT2D eigenvalue weighted by molar-refractivity contribution is -0.128. The molecule has 7 heteroatoms. The van der Waals surface area contributed by atoms with Crippen LogP contribution in [0.2, 0.25) is 0 Å². The first-order chi connectivity index (χ1) is 18.4. The monoisotopic (exact) mass is 532 g/mol. The number of hydrogen-bond acceptors (Lipinski definition) is 5. The Hall–Kier alpha value is -3.45. The molecule has 1 N–H and O–H groups in total. The fraction of sp³-hybridized carbons (Fsp3) is 0.355. The quantitative estimate of drug-likeness (QED) is 0.338. The van der Waals surface area contributed by atoms with E-state index >= 15 is 0 Å². The molecule has 1 aliphatic heterocycles. The van der Waals surface area contributed by atoms with E-state index in [0.717, 1.165) is 33.0 Å². The summed E-state index contributed by atoms with van der Waals surface area (Å²) >= 11 is 1.48. The van der Waals surface area contributed by atoms with E-state index in [1.807, 2.05) is 80.3 Å². The fourth-order valence-electron chi connectivity index (χ4n) is 4.56. The molecule has 200 valence electrons. The molecule has 1 aliphatic rings. The van der Waals surface area contributed by atoms with E-state index in [2.05, 4.69) is 24.4 Å². The van der Waals surface area contributed by atoms with Gasteiger partial charge in [-0.05, 0) is 68.1 Å². The minimum absolute atomic E-state index is 0.0347. The molecule has 3 aromatic rings. The number of rotatable bonds is 11. The average Bonchev–Trinajstić information content (AvgIpc) is 2.92. The lowest BCUT2D eigenvalue weighted by Gasteiger charge is -2.36. The van der Waals surface area contributed by atoms with E-state index in [-0.39, 0.29) is 11.8 Å². The van der Waals surface area contributed by atoms with Gasteiger partial charge in [-0.2, -0.15) is 0 Å². The van der Waals surface area contributed by atoms with Gasteiger partial charge in [-0.1, -0.05) is 49.4 Å². The van der Waals surface area contributed by atoms with Gasteiger partial charge in [0.25, 0.3) is 0 Å². The van der Waals surface area contributed by atoms with Gasteiger partial charge in [0.1, 0.15) is 5.25 Å². The summed E-state index contributed by atoms with van der Waals surface area (Å²) in [5, 5.41) is 2.55. The van der Waals surface area contributed by atoms with E-state index in [1.54, 1.807) is 0 Å². The number of hydrogen-bond donors (Lipinski definition) is 1. The first-order valence-electron chi connectivity index (χ1n) is 13.2. The highest BCUT2D eigenvalue weighted by Crippen LogP contribution is 2.42. The zero-order valence-corrected chi connectivity index (χ0v) is 23.3. The summed E-state index contributed by atoms with van der Waals surface area (Å²) in [5.74, 6) is 0.788. The van der Waals surface area contributed by atoms with Crippen LogP contribution in [0, 0.1) is 12.8 Å². The predicted molar refractivity (Wildman–Crippen MR) is 153 cm³/mol. The summed E-state index contributed by atoms with van der Waals surface area (Å²) in [6, 6.07) is 21.9. The summed E-state index contributed by atoms with van der Waals surface area (Å²) in [6.45, 7) is 9.85. The number of nitrogens with zero attached hydrogens (tertiary/aromatic N) is 1. The largest absolute Gasteiger partial charge is 0.490 e. The molecule has 0 unspecified atom stereocenters. The van der Waals surface area contributed by atoms with Crippen molar-refractivity contribution in [3.63, 3.8) is 0 Å². The molecule has 0 fully saturated rings. The highest BCUT2D eigenvalue weighted by molar-refractivity contribution is 8.01. The average molecular weight is 533 g/mol. The number of carbonyl (C=O) groups excluding carboxylic acids is 2. The molecule has 0 aromatic heterocycles. The standard InChI is InChI=1S/C31H36N2O4S/c1-5-36-26-16-15-23(19-27(26)37-6-2)17-18-32-30(34)22(4)29-31(35)33(20-24-12-8-7-11-21(24)3)25-13-9-10-14-28(25)38-29/h7-16,19,22,29H,5-6,17-18,20H2,1-4H3,(H,32,34)/t22-,29+/m1/s1. The first-order valence-corrected chi connectivity index (χ1v) is 14.1. The Balaban J connectivity index is 1.43. The van der Waals surface area contributed by atoms with Crippen LogP contribution in [-0.2, 0) is 22.6 Å². The van der Waals surface area contributed by atoms with Crippen LogP contribution in [0.5, 0.6) is 11.5 Å². The molecule has 38 heavy (non-hydrogen) atoms. The van der Waals surface area contributed by atoms with Crippen molar-refractivity contribution in [2.75, 3.05) is 24.7 Å². The van der Waals surface area contributed by atoms with Crippen LogP contribution in [0.25, 0.3) is 0 Å². The smallest absolute Gasteiger partial charge is 0.241 e. The number of anilines is 1. The molecule has 0 bridgehead atoms. The van der Waals surface area contributed by atoms with Crippen molar-refractivity contribution in [1.82, 2.24) is 5.32 Å². The maximum atomic E-state index is 13.7. The van der Waals surface area contributed by atoms with Crippen molar-refractivity contribution in [3.8, 4) is 11.5 Å². The first kappa shape index (κ1) is 27.6. The predicted octanol–water partition coefficient (Wildman–Crippen LogP) is 5.79. The van der Waals surface area contributed by atoms with Gasteiger partial charge < -0.3 is 19.7 Å². The molecule has 6 nitrogen and oxygen atoms in total. The molecule has 0 spiro atoms. The van der Waals surface area contributed by atoms with E-state index in [4.69, 9.17) is 9.47 Å². The van der Waals surface area contributed by atoms with E-state index in [0.29, 0.717) is 38.5 Å². The minimum atomic E-state index is -0.496. The van der Waals surface area contributed by atoms with Gasteiger partial charge in [0.15, 0.2) is 11.5 Å². The van der Waals surface area contributed by atoms with Crippen molar-refractivity contribution in [1.29, 1.82) is 0 Å². The van der Waals surface area contributed by atoms with Crippen LogP contribution in [0.3, 0.4) is 0 Å². The summed E-state index contributed by atoms with van der Waals surface area (Å²) in [7, 11) is 0. The Morgan fingerprint density at radius 2 is 1.71 bits per heavy atom. The molecule has 0 radical (unpaired) electrons. The molecule has 0 aliphatic carbocycles. The molecule has 4 rings (SSSR count). The number of aryl methyl sites for hydroxylation is 1. The highest BCUT2D eigenvalue weighted by atomic mass is 32.2. The van der Waals surface area contributed by atoms with Gasteiger partial charge in [0.2, 0.25) is 11.8 Å². The summed E-state index contributed by atoms with van der Waals surface area (Å²) < 4.78 is 11.4. The third-order valence-corrected chi connectivity index (χ3v) is 8.16. The van der Waals surface area contributed by atoms with E-state index < -0.39 is 11.2 Å². The number of amides is 2. The lowest BCUT2D eigenvalue weighted by Crippen LogP contribution is -2.47. The molecule has 2 amide bonds. The zero-order valence-electron chi connectivity index (χ0n) is 22.5. The van der Waals surface area contributed by atoms with Crippen LogP contribution in [0.1, 0.15) is 37.5 Å². The molecular weight excluding hydrogens is 496 g/mol. The third-order valence-electron chi connectivity index (χ3n) is 6.70. The SMILES string of the molecule is CCOc1ccc(CCNC(=O)[C@H](C)[C@@H]2Sc3ccccc3N(Cc3ccccc3C)C2=O)cc1OCC. The Kier molecular flexibility index (Phi) is 9.34. The second-order valence-electron chi connectivity index (χ2n) is 9.33. The molecule has 0 saturated heterocycles. The molecule has 1 heterocycles. The van der Waals surface area contributed by atoms with Crippen molar-refractivity contribution in [2.24, 2.45) is 5.92 Å². The topological polar surface area (TPSA) is 67.9 Å². The van der Waals surface area contributed by atoms with Gasteiger partial charge in [-0.3, -0.25) is 9.59 Å². The number of para-hydroxylation sites is 1. The van der Waals surface area contributed by atoms with Gasteiger partial charge >= 0.3 is 0 Å². The number of fused-ring (bicyclic) bond motifs is 1. The Bertz CT molecular complexity index is 1280. The van der Waals surface area contributed by atoms with Crippen LogP contribution >= 0.6 is 11.8 Å². The molecule has 3 aromatic carbocycles. The number of carbonyl (C=O) groups is 2. The summed E-state index contributed by atoms with van der Waals surface area (Å²) in [5.41, 5.74) is 4.18. The van der Waals surface area contributed by atoms with Gasteiger partial charge in [-0.15, -0.1) is 11.8 Å². The zero-order chi connectivity index (χ0) is 27.1. The Morgan fingerprint density at radius 3 is 2.47 bits per heavy atom. The highest BCUT2D eigenvalue weighted by Gasteiger charge is 2.39. The van der Waals surface area contributed by atoms with Crippen LogP contribution < -0.4 is 19.7 Å². The van der Waals surface area contributed by atoms with Gasteiger partial charge in [0.05, 0.1) is 31.4 Å². The minimum Gasteiger partial charge on any atom is -0.490 e. The van der Waals surface area contributed by atoms with Crippen LogP contribution in [0.15, 0.2) is 71.6 Å². The van der Waals surface area contributed by atoms with Crippen LogP contribution in [-0.4, -0.2) is 36.8 Å². The molecule has 2 atom stereocenters. The number of thioether (sulfide) groups is 1. The number of benzene rings is 3. The summed E-state index contributed by atoms with van der Waals surface area (Å²) in [4.78, 5) is 29.8. The third kappa shape index (κ3) is 6.33. The molecule has 0 saturated carbocycles. The van der Waals surface area contributed by atoms with E-state index in [1.165, 1.54) is 11.8 Å². The van der Waals surface area contributed by atoms with Crippen LogP contribution in [0.4, 0.5) is 5.69 Å². The normalized spacial score (nSPS) is 15.5. The maximum Gasteiger partial charge on any atom is 0.241 e. The lowest BCUT2D eigenvalue weighted by atomic mass is 10.0. The number of ether oxygens (including phenoxy) is 2. The van der Waals surface area contributed by atoms with Crippen molar-refractivity contribution in [2.45, 2.75) is 50.8 Å². The van der Waals surface area contributed by atoms with Crippen molar-refractivity contribution in [3.05, 3.63) is 83.4 Å². The van der Waals surface area contributed by atoms with Gasteiger partial charge in [-0.25, -0.2) is 0 Å².